The van der Waals surface area contributed by atoms with Crippen LogP contribution < -0.4 is 15.9 Å². The summed E-state index contributed by atoms with van der Waals surface area (Å²) in [6.45, 7) is 14.2. The highest BCUT2D eigenvalue weighted by atomic mass is 19.1. The highest BCUT2D eigenvalue weighted by Gasteiger charge is 2.42. The van der Waals surface area contributed by atoms with Crippen molar-refractivity contribution >= 4 is 17.2 Å². The number of amides is 1. The zero-order chi connectivity index (χ0) is 28.9. The van der Waals surface area contributed by atoms with Gasteiger partial charge in [-0.25, -0.2) is 18.8 Å². The van der Waals surface area contributed by atoms with Gasteiger partial charge in [0.15, 0.2) is 5.65 Å². The Morgan fingerprint density at radius 1 is 1.20 bits per heavy atom. The van der Waals surface area contributed by atoms with Crippen LogP contribution >= 0.6 is 0 Å². The predicted octanol–water partition coefficient (Wildman–Crippen LogP) is 1.76. The number of carbonyl (C=O) groups excluding carboxylic acids is 1. The summed E-state index contributed by atoms with van der Waals surface area (Å²) in [5, 5.41) is 6.47. The molecule has 41 heavy (non-hydrogen) atoms. The van der Waals surface area contributed by atoms with Crippen molar-refractivity contribution in [1.29, 1.82) is 0 Å². The van der Waals surface area contributed by atoms with Gasteiger partial charge < -0.3 is 15.0 Å². The van der Waals surface area contributed by atoms with Gasteiger partial charge in [0.05, 0.1) is 31.1 Å². The van der Waals surface area contributed by atoms with Gasteiger partial charge in [0, 0.05) is 68.2 Å². The third-order valence-electron chi connectivity index (χ3n) is 8.80. The number of piperazine rings is 1. The molecule has 0 radical (unpaired) electrons. The molecule has 3 atom stereocenters. The van der Waals surface area contributed by atoms with Crippen LogP contribution in [-0.4, -0.2) is 101 Å². The molecule has 11 heteroatoms. The molecule has 5 heterocycles. The van der Waals surface area contributed by atoms with Crippen LogP contribution in [0.5, 0.6) is 0 Å². The molecule has 0 unspecified atom stereocenters. The van der Waals surface area contributed by atoms with Gasteiger partial charge in [-0.05, 0) is 37.6 Å². The molecule has 2 N–H and O–H groups in total. The van der Waals surface area contributed by atoms with Crippen LogP contribution in [0.25, 0.3) is 5.65 Å². The normalized spacial score (nSPS) is 25.1. The Hall–Kier alpha value is -3.12. The number of aromatic amines is 1. The summed E-state index contributed by atoms with van der Waals surface area (Å²) >= 11 is 0. The number of ether oxygens (including phenoxy) is 1. The number of halogens is 1. The zero-order valence-corrected chi connectivity index (χ0v) is 24.3. The molecule has 3 aliphatic rings. The van der Waals surface area contributed by atoms with E-state index in [1.165, 1.54) is 12.1 Å². The molecule has 3 aromatic rings. The topological polar surface area (TPSA) is 98.2 Å². The number of hydrogen-bond acceptors (Lipinski definition) is 7. The molecule has 2 fully saturated rings. The number of H-pyrrole nitrogens is 1. The fourth-order valence-corrected chi connectivity index (χ4v) is 6.66. The summed E-state index contributed by atoms with van der Waals surface area (Å²) in [5.74, 6) is -0.258. The zero-order valence-electron chi connectivity index (χ0n) is 24.3. The van der Waals surface area contributed by atoms with Crippen molar-refractivity contribution in [2.75, 3.05) is 57.4 Å². The van der Waals surface area contributed by atoms with Crippen molar-refractivity contribution in [2.45, 2.75) is 57.7 Å². The van der Waals surface area contributed by atoms with Crippen molar-refractivity contribution in [2.24, 2.45) is 0 Å². The van der Waals surface area contributed by atoms with Gasteiger partial charge in [-0.2, -0.15) is 4.98 Å². The summed E-state index contributed by atoms with van der Waals surface area (Å²) in [7, 11) is 0. The number of benzene rings is 1. The molecule has 0 aliphatic carbocycles. The van der Waals surface area contributed by atoms with E-state index in [1.807, 2.05) is 11.0 Å². The number of anilines is 1. The summed E-state index contributed by atoms with van der Waals surface area (Å²) < 4.78 is 20.9. The number of morpholine rings is 1. The molecule has 0 saturated carbocycles. The molecule has 0 bridgehead atoms. The van der Waals surface area contributed by atoms with Crippen molar-refractivity contribution in [1.82, 2.24) is 29.7 Å². The van der Waals surface area contributed by atoms with Crippen molar-refractivity contribution in [3.05, 3.63) is 63.5 Å². The summed E-state index contributed by atoms with van der Waals surface area (Å²) in [4.78, 5) is 37.5. The number of rotatable bonds is 6. The van der Waals surface area contributed by atoms with Crippen LogP contribution in [0.3, 0.4) is 0 Å². The number of nitrogens with zero attached hydrogens (tertiary/aromatic N) is 5. The van der Waals surface area contributed by atoms with E-state index in [4.69, 9.17) is 4.74 Å². The lowest BCUT2D eigenvalue weighted by molar-refractivity contribution is -0.121. The highest BCUT2D eigenvalue weighted by Crippen LogP contribution is 2.41. The molecule has 1 amide bonds. The summed E-state index contributed by atoms with van der Waals surface area (Å²) in [5.41, 5.74) is 3.06. The Morgan fingerprint density at radius 2 is 1.98 bits per heavy atom. The number of hydrogen-bond donors (Lipinski definition) is 2. The van der Waals surface area contributed by atoms with E-state index in [0.717, 1.165) is 61.9 Å². The molecule has 2 saturated heterocycles. The average Bonchev–Trinajstić information content (AvgIpc) is 3.44. The minimum atomic E-state index is -0.436. The van der Waals surface area contributed by atoms with Crippen LogP contribution in [0, 0.1) is 5.82 Å². The highest BCUT2D eigenvalue weighted by molar-refractivity contribution is 5.97. The molecule has 220 valence electrons. The fraction of sp³-hybridized carbons (Fsp3) is 0.567. The molecule has 1 aromatic carbocycles. The second kappa shape index (κ2) is 10.9. The monoisotopic (exact) mass is 565 g/mol. The standard InChI is InChI=1S/C30H40FN7O3/c1-19-14-36(24(13-32-19)15-35-9-10-41-17-20(35)2)16-26(39)37-18-30(3,4)27-25(37)12-22(28-33-29(40)34-38(27)28)11-21-5-7-23(31)8-6-21/h5-8,12,19-20,24,32H,9-11,13-18H2,1-4H3,(H,34,40)/t19-,20-,24-/m1/s1. The molecular formula is C30H40FN7O3. The van der Waals surface area contributed by atoms with Gasteiger partial charge in [0.1, 0.15) is 5.82 Å². The molecular weight excluding hydrogens is 525 g/mol. The SMILES string of the molecule is C[C@@H]1CN(CC(=O)N2CC(C)(C)c3c2cc(Cc2ccc(F)cc2)c2nc(=O)[nH]n32)[C@@H](CN2CCOC[C@H]2C)CN1. The third kappa shape index (κ3) is 5.55. The Morgan fingerprint density at radius 3 is 2.73 bits per heavy atom. The fourth-order valence-electron chi connectivity index (χ4n) is 6.66. The van der Waals surface area contributed by atoms with E-state index in [0.29, 0.717) is 37.2 Å². The molecule has 10 nitrogen and oxygen atoms in total. The summed E-state index contributed by atoms with van der Waals surface area (Å²) in [6.07, 6.45) is 0.457. The lowest BCUT2D eigenvalue weighted by Crippen LogP contribution is -2.62. The van der Waals surface area contributed by atoms with E-state index >= 15 is 0 Å². The predicted molar refractivity (Wildman–Crippen MR) is 155 cm³/mol. The lowest BCUT2D eigenvalue weighted by Gasteiger charge is -2.43. The van der Waals surface area contributed by atoms with Crippen molar-refractivity contribution in [3.63, 3.8) is 0 Å². The van der Waals surface area contributed by atoms with Gasteiger partial charge >= 0.3 is 5.69 Å². The van der Waals surface area contributed by atoms with E-state index in [-0.39, 0.29) is 17.8 Å². The van der Waals surface area contributed by atoms with Crippen LogP contribution in [0.4, 0.5) is 10.1 Å². The van der Waals surface area contributed by atoms with E-state index in [2.05, 4.69) is 52.9 Å². The smallest absolute Gasteiger partial charge is 0.362 e. The number of fused-ring (bicyclic) bond motifs is 3. The molecule has 2 aromatic heterocycles. The van der Waals surface area contributed by atoms with Gasteiger partial charge in [0.2, 0.25) is 5.91 Å². The average molecular weight is 566 g/mol. The maximum absolute atomic E-state index is 14.1. The first-order valence-corrected chi connectivity index (χ1v) is 14.6. The van der Waals surface area contributed by atoms with Crippen molar-refractivity contribution < 1.29 is 13.9 Å². The summed E-state index contributed by atoms with van der Waals surface area (Å²) in [6, 6.07) is 9.18. The van der Waals surface area contributed by atoms with Crippen molar-refractivity contribution in [3.8, 4) is 0 Å². The van der Waals surface area contributed by atoms with E-state index in [1.54, 1.807) is 16.6 Å². The molecule has 6 rings (SSSR count). The number of pyridine rings is 1. The first-order valence-electron chi connectivity index (χ1n) is 14.6. The minimum absolute atomic E-state index is 0.0421. The number of aromatic nitrogens is 3. The van der Waals surface area contributed by atoms with Crippen LogP contribution in [0.1, 0.15) is 44.5 Å². The van der Waals surface area contributed by atoms with E-state index < -0.39 is 11.1 Å². The minimum Gasteiger partial charge on any atom is -0.379 e. The van der Waals surface area contributed by atoms with Crippen LogP contribution in [0.15, 0.2) is 35.1 Å². The van der Waals surface area contributed by atoms with Gasteiger partial charge in [-0.15, -0.1) is 0 Å². The van der Waals surface area contributed by atoms with Crippen LogP contribution in [-0.2, 0) is 21.4 Å². The maximum atomic E-state index is 14.1. The Kier molecular flexibility index (Phi) is 7.48. The first kappa shape index (κ1) is 28.0. The quantitative estimate of drug-likeness (QED) is 0.470. The number of carbonyl (C=O) groups is 1. The Bertz CT molecular complexity index is 1480. The first-order chi connectivity index (χ1) is 19.6. The third-order valence-corrected chi connectivity index (χ3v) is 8.80. The Labute approximate surface area is 239 Å². The molecule has 3 aliphatic heterocycles. The lowest BCUT2D eigenvalue weighted by atomic mass is 9.90. The van der Waals surface area contributed by atoms with Crippen LogP contribution in [0.2, 0.25) is 0 Å². The number of nitrogens with one attached hydrogen (secondary N) is 2. The molecule has 0 spiro atoms. The second-order valence-electron chi connectivity index (χ2n) is 12.6. The Balaban J connectivity index is 1.30. The second-order valence-corrected chi connectivity index (χ2v) is 12.6. The maximum Gasteiger partial charge on any atom is 0.362 e. The largest absolute Gasteiger partial charge is 0.379 e. The van der Waals surface area contributed by atoms with Gasteiger partial charge in [-0.3, -0.25) is 14.6 Å². The van der Waals surface area contributed by atoms with Gasteiger partial charge in [0.25, 0.3) is 0 Å². The van der Waals surface area contributed by atoms with Gasteiger partial charge in [-0.1, -0.05) is 26.0 Å². The van der Waals surface area contributed by atoms with E-state index in [9.17, 15) is 14.0 Å².